The molecule has 5 heteroatoms. The molecule has 0 radical (unpaired) electrons. The molecule has 1 aromatic carbocycles. The predicted molar refractivity (Wildman–Crippen MR) is 88.7 cm³/mol. The summed E-state index contributed by atoms with van der Waals surface area (Å²) < 4.78 is 1.50. The van der Waals surface area contributed by atoms with E-state index in [1.807, 2.05) is 43.3 Å². The fourth-order valence-electron chi connectivity index (χ4n) is 2.60. The maximum Gasteiger partial charge on any atom is 0.255 e. The van der Waals surface area contributed by atoms with Gasteiger partial charge in [-0.3, -0.25) is 9.59 Å². The van der Waals surface area contributed by atoms with Gasteiger partial charge in [0.1, 0.15) is 6.54 Å². The Bertz CT molecular complexity index is 740. The van der Waals surface area contributed by atoms with Gasteiger partial charge in [0, 0.05) is 23.3 Å². The highest BCUT2D eigenvalue weighted by Gasteiger charge is 2.17. The van der Waals surface area contributed by atoms with Gasteiger partial charge in [-0.1, -0.05) is 30.3 Å². The smallest absolute Gasteiger partial charge is 0.255 e. The van der Waals surface area contributed by atoms with Crippen LogP contribution < -0.4 is 10.9 Å². The lowest BCUT2D eigenvalue weighted by Gasteiger charge is -2.15. The van der Waals surface area contributed by atoms with E-state index < -0.39 is 0 Å². The molecule has 1 atom stereocenters. The first-order valence-electron chi connectivity index (χ1n) is 7.28. The summed E-state index contributed by atoms with van der Waals surface area (Å²) in [5.74, 6) is 1.49. The number of nitrogens with zero attached hydrogens (tertiary/aromatic N) is 1. The SMILES string of the molecule is C[C@@H](NC(=O)Cn1ccc2c(c1=O)CSC2)c1ccccc1. The molecular weight excluding hydrogens is 296 g/mol. The minimum absolute atomic E-state index is 0.0370. The molecule has 3 rings (SSSR count). The minimum atomic E-state index is -0.149. The molecule has 1 N–H and O–H groups in total. The molecule has 2 heterocycles. The van der Waals surface area contributed by atoms with E-state index in [0.29, 0.717) is 0 Å². The number of benzene rings is 1. The van der Waals surface area contributed by atoms with E-state index in [1.165, 1.54) is 4.57 Å². The Kier molecular flexibility index (Phi) is 4.34. The molecule has 4 nitrogen and oxygen atoms in total. The van der Waals surface area contributed by atoms with E-state index in [1.54, 1.807) is 18.0 Å². The topological polar surface area (TPSA) is 51.1 Å². The highest BCUT2D eigenvalue weighted by Crippen LogP contribution is 2.26. The molecule has 1 aliphatic heterocycles. The van der Waals surface area contributed by atoms with Crippen molar-refractivity contribution in [3.8, 4) is 0 Å². The summed E-state index contributed by atoms with van der Waals surface area (Å²) >= 11 is 1.74. The lowest BCUT2D eigenvalue weighted by Crippen LogP contribution is -2.34. The van der Waals surface area contributed by atoms with Crippen molar-refractivity contribution in [1.29, 1.82) is 0 Å². The Balaban J connectivity index is 1.69. The van der Waals surface area contributed by atoms with Crippen molar-refractivity contribution in [2.75, 3.05) is 0 Å². The van der Waals surface area contributed by atoms with Crippen LogP contribution in [-0.2, 0) is 22.8 Å². The molecule has 0 saturated carbocycles. The molecular formula is C17H18N2O2S. The number of hydrogen-bond donors (Lipinski definition) is 1. The zero-order valence-corrected chi connectivity index (χ0v) is 13.2. The van der Waals surface area contributed by atoms with E-state index in [-0.39, 0.29) is 24.1 Å². The first kappa shape index (κ1) is 14.9. The molecule has 0 saturated heterocycles. The van der Waals surface area contributed by atoms with Crippen LogP contribution in [0.3, 0.4) is 0 Å². The third kappa shape index (κ3) is 3.09. The van der Waals surface area contributed by atoms with Crippen LogP contribution in [0.4, 0.5) is 0 Å². The molecule has 22 heavy (non-hydrogen) atoms. The van der Waals surface area contributed by atoms with Gasteiger partial charge in [-0.2, -0.15) is 11.8 Å². The van der Waals surface area contributed by atoms with E-state index in [0.717, 1.165) is 28.2 Å². The molecule has 0 aliphatic carbocycles. The van der Waals surface area contributed by atoms with Crippen LogP contribution in [0.25, 0.3) is 0 Å². The Labute approximate surface area is 133 Å². The lowest BCUT2D eigenvalue weighted by atomic mass is 10.1. The van der Waals surface area contributed by atoms with Crippen LogP contribution >= 0.6 is 11.8 Å². The number of nitrogens with one attached hydrogen (secondary N) is 1. The molecule has 114 valence electrons. The van der Waals surface area contributed by atoms with Crippen LogP contribution in [0.5, 0.6) is 0 Å². The molecule has 2 aromatic rings. The monoisotopic (exact) mass is 314 g/mol. The van der Waals surface area contributed by atoms with E-state index in [4.69, 9.17) is 0 Å². The van der Waals surface area contributed by atoms with Crippen LogP contribution in [-0.4, -0.2) is 10.5 Å². The van der Waals surface area contributed by atoms with Crippen molar-refractivity contribution in [3.63, 3.8) is 0 Å². The van der Waals surface area contributed by atoms with Gasteiger partial charge >= 0.3 is 0 Å². The average Bonchev–Trinajstić information content (AvgIpc) is 3.00. The van der Waals surface area contributed by atoms with Gasteiger partial charge in [0.2, 0.25) is 5.91 Å². The summed E-state index contributed by atoms with van der Waals surface area (Å²) in [4.78, 5) is 24.5. The van der Waals surface area contributed by atoms with Crippen molar-refractivity contribution >= 4 is 17.7 Å². The lowest BCUT2D eigenvalue weighted by molar-refractivity contribution is -0.122. The summed E-state index contributed by atoms with van der Waals surface area (Å²) in [6, 6.07) is 11.7. The third-order valence-electron chi connectivity index (χ3n) is 3.86. The molecule has 1 amide bonds. The second-order valence-electron chi connectivity index (χ2n) is 5.45. The van der Waals surface area contributed by atoms with Gasteiger partial charge in [-0.25, -0.2) is 0 Å². The summed E-state index contributed by atoms with van der Waals surface area (Å²) in [7, 11) is 0. The first-order chi connectivity index (χ1) is 10.6. The molecule has 0 unspecified atom stereocenters. The third-order valence-corrected chi connectivity index (χ3v) is 4.87. The molecule has 0 bridgehead atoms. The van der Waals surface area contributed by atoms with Crippen LogP contribution in [0.15, 0.2) is 47.4 Å². The number of pyridine rings is 1. The molecule has 1 aromatic heterocycles. The highest BCUT2D eigenvalue weighted by molar-refractivity contribution is 7.98. The van der Waals surface area contributed by atoms with Crippen molar-refractivity contribution < 1.29 is 4.79 Å². The number of aromatic nitrogens is 1. The number of thioether (sulfide) groups is 1. The van der Waals surface area contributed by atoms with Crippen LogP contribution in [0, 0.1) is 0 Å². The Hall–Kier alpha value is -2.01. The fourth-order valence-corrected chi connectivity index (χ4v) is 3.71. The minimum Gasteiger partial charge on any atom is -0.348 e. The Morgan fingerprint density at radius 2 is 2.05 bits per heavy atom. The standard InChI is InChI=1S/C17H18N2O2S/c1-12(13-5-3-2-4-6-13)18-16(20)9-19-8-7-14-10-22-11-15(14)17(19)21/h2-8,12H,9-11H2,1H3,(H,18,20)/t12-/m1/s1. The van der Waals surface area contributed by atoms with E-state index in [2.05, 4.69) is 5.32 Å². The van der Waals surface area contributed by atoms with Crippen molar-refractivity contribution in [1.82, 2.24) is 9.88 Å². The maximum atomic E-state index is 12.3. The number of amides is 1. The Morgan fingerprint density at radius 3 is 2.82 bits per heavy atom. The second kappa shape index (κ2) is 6.40. The van der Waals surface area contributed by atoms with Gasteiger partial charge in [0.15, 0.2) is 0 Å². The number of fused-ring (bicyclic) bond motifs is 1. The number of rotatable bonds is 4. The number of carbonyl (C=O) groups excluding carboxylic acids is 1. The maximum absolute atomic E-state index is 12.3. The Morgan fingerprint density at radius 1 is 1.27 bits per heavy atom. The van der Waals surface area contributed by atoms with Gasteiger partial charge < -0.3 is 9.88 Å². The van der Waals surface area contributed by atoms with E-state index >= 15 is 0 Å². The highest BCUT2D eigenvalue weighted by atomic mass is 32.2. The van der Waals surface area contributed by atoms with E-state index in [9.17, 15) is 9.59 Å². The number of hydrogen-bond acceptors (Lipinski definition) is 3. The fraction of sp³-hybridized carbons (Fsp3) is 0.294. The average molecular weight is 314 g/mol. The van der Waals surface area contributed by atoms with Gasteiger partial charge in [-0.15, -0.1) is 0 Å². The normalized spacial score (nSPS) is 14.4. The van der Waals surface area contributed by atoms with Crippen LogP contribution in [0.1, 0.15) is 29.7 Å². The largest absolute Gasteiger partial charge is 0.348 e. The second-order valence-corrected chi connectivity index (χ2v) is 6.43. The van der Waals surface area contributed by atoms with Gasteiger partial charge in [0.05, 0.1) is 6.04 Å². The number of carbonyl (C=O) groups is 1. The summed E-state index contributed by atoms with van der Waals surface area (Å²) in [5.41, 5.74) is 2.96. The summed E-state index contributed by atoms with van der Waals surface area (Å²) in [6.45, 7) is 2.00. The van der Waals surface area contributed by atoms with Crippen molar-refractivity contribution in [3.05, 3.63) is 69.6 Å². The molecule has 0 spiro atoms. The zero-order valence-electron chi connectivity index (χ0n) is 12.4. The van der Waals surface area contributed by atoms with Gasteiger partial charge in [-0.05, 0) is 24.1 Å². The molecule has 1 aliphatic rings. The van der Waals surface area contributed by atoms with Crippen LogP contribution in [0.2, 0.25) is 0 Å². The first-order valence-corrected chi connectivity index (χ1v) is 8.44. The van der Waals surface area contributed by atoms with Gasteiger partial charge in [0.25, 0.3) is 5.56 Å². The summed E-state index contributed by atoms with van der Waals surface area (Å²) in [6.07, 6.45) is 1.72. The molecule has 0 fully saturated rings. The van der Waals surface area contributed by atoms with Crippen molar-refractivity contribution in [2.45, 2.75) is 31.0 Å². The zero-order chi connectivity index (χ0) is 15.5. The van der Waals surface area contributed by atoms with Crippen molar-refractivity contribution in [2.24, 2.45) is 0 Å². The predicted octanol–water partition coefficient (Wildman–Crippen LogP) is 2.47. The quantitative estimate of drug-likeness (QED) is 0.943. The summed E-state index contributed by atoms with van der Waals surface area (Å²) in [5, 5.41) is 2.94.